The summed E-state index contributed by atoms with van der Waals surface area (Å²) < 4.78 is 16.9. The Morgan fingerprint density at radius 3 is 0.785 bits per heavy atom. The van der Waals surface area contributed by atoms with E-state index in [4.69, 9.17) is 14.2 Å². The number of carbonyl (C=O) groups excluding carboxylic acids is 3. The summed E-state index contributed by atoms with van der Waals surface area (Å²) in [5.74, 6) is -0.895. The van der Waals surface area contributed by atoms with Gasteiger partial charge in [0, 0.05) is 19.3 Å². The van der Waals surface area contributed by atoms with E-state index in [-0.39, 0.29) is 31.1 Å². The maximum atomic E-state index is 12.9. The minimum atomic E-state index is -0.788. The SMILES string of the molecule is CC/C=C\C/C=C\C/C=C\C/C=C\C/C=C\CCCCCCCCCCCCCC(=O)OCC(COC(=O)CCCCCCC/C=C\CCCC)OC(=O)CCCCCCCCCCCC/C=C\C/C=C\C/C=C\C/C=C\CC. The van der Waals surface area contributed by atoms with Crippen molar-refractivity contribution in [3.8, 4) is 0 Å². The zero-order chi connectivity index (χ0) is 57.1. The lowest BCUT2D eigenvalue weighted by Gasteiger charge is -2.18. The predicted octanol–water partition coefficient (Wildman–Crippen LogP) is 22.8. The second kappa shape index (κ2) is 66.3. The maximum absolute atomic E-state index is 12.9. The van der Waals surface area contributed by atoms with Crippen molar-refractivity contribution < 1.29 is 28.6 Å². The largest absolute Gasteiger partial charge is 0.462 e. The third kappa shape index (κ3) is 64.5. The fourth-order valence-electron chi connectivity index (χ4n) is 9.03. The van der Waals surface area contributed by atoms with Gasteiger partial charge in [-0.2, -0.15) is 0 Å². The summed E-state index contributed by atoms with van der Waals surface area (Å²) in [5, 5.41) is 0. The summed E-state index contributed by atoms with van der Waals surface area (Å²) >= 11 is 0. The van der Waals surface area contributed by atoms with Crippen molar-refractivity contribution in [3.63, 3.8) is 0 Å². The van der Waals surface area contributed by atoms with Crippen molar-refractivity contribution in [2.75, 3.05) is 13.2 Å². The van der Waals surface area contributed by atoms with Crippen LogP contribution in [0.5, 0.6) is 0 Å². The maximum Gasteiger partial charge on any atom is 0.306 e. The highest BCUT2D eigenvalue weighted by Gasteiger charge is 2.19. The van der Waals surface area contributed by atoms with Gasteiger partial charge in [-0.3, -0.25) is 14.4 Å². The quantitative estimate of drug-likeness (QED) is 0.0261. The third-order valence-electron chi connectivity index (χ3n) is 13.9. The number of allylic oxidation sites excluding steroid dienone is 20. The predicted molar refractivity (Wildman–Crippen MR) is 343 cm³/mol. The minimum Gasteiger partial charge on any atom is -0.462 e. The van der Waals surface area contributed by atoms with Crippen LogP contribution in [0.4, 0.5) is 0 Å². The lowest BCUT2D eigenvalue weighted by molar-refractivity contribution is -0.167. The summed E-state index contributed by atoms with van der Waals surface area (Å²) in [6.07, 6.45) is 92.1. The molecule has 0 saturated carbocycles. The first kappa shape index (κ1) is 74.8. The molecule has 1 atom stereocenters. The van der Waals surface area contributed by atoms with Gasteiger partial charge < -0.3 is 14.2 Å². The van der Waals surface area contributed by atoms with Crippen LogP contribution in [0.3, 0.4) is 0 Å². The summed E-state index contributed by atoms with van der Waals surface area (Å²) in [5.41, 5.74) is 0. The van der Waals surface area contributed by atoms with Crippen LogP contribution in [-0.2, 0) is 28.6 Å². The molecule has 0 fully saturated rings. The van der Waals surface area contributed by atoms with Crippen LogP contribution < -0.4 is 0 Å². The van der Waals surface area contributed by atoms with Crippen LogP contribution in [0, 0.1) is 0 Å². The summed E-state index contributed by atoms with van der Waals surface area (Å²) in [4.78, 5) is 38.3. The molecule has 0 rings (SSSR count). The fourth-order valence-corrected chi connectivity index (χ4v) is 9.03. The summed E-state index contributed by atoms with van der Waals surface area (Å²) in [6.45, 7) is 6.38. The van der Waals surface area contributed by atoms with E-state index in [1.165, 1.54) is 141 Å². The number of hydrogen-bond acceptors (Lipinski definition) is 6. The molecule has 6 heteroatoms. The van der Waals surface area contributed by atoms with Crippen LogP contribution in [0.2, 0.25) is 0 Å². The molecule has 0 N–H and O–H groups in total. The second-order valence-electron chi connectivity index (χ2n) is 21.6. The van der Waals surface area contributed by atoms with Gasteiger partial charge in [0.25, 0.3) is 0 Å². The molecule has 0 aromatic carbocycles. The highest BCUT2D eigenvalue weighted by molar-refractivity contribution is 5.71. The van der Waals surface area contributed by atoms with E-state index in [2.05, 4.69) is 142 Å². The number of unbranched alkanes of at least 4 members (excludes halogenated alkanes) is 28. The van der Waals surface area contributed by atoms with Gasteiger partial charge in [-0.1, -0.05) is 284 Å². The molecule has 0 spiro atoms. The first-order valence-electron chi connectivity index (χ1n) is 33.0. The van der Waals surface area contributed by atoms with Crippen molar-refractivity contribution in [1.29, 1.82) is 0 Å². The Balaban J connectivity index is 4.28. The van der Waals surface area contributed by atoms with E-state index in [0.717, 1.165) is 122 Å². The number of hydrogen-bond donors (Lipinski definition) is 0. The van der Waals surface area contributed by atoms with E-state index in [0.29, 0.717) is 19.3 Å². The highest BCUT2D eigenvalue weighted by Crippen LogP contribution is 2.16. The van der Waals surface area contributed by atoms with Gasteiger partial charge in [0.05, 0.1) is 0 Å². The molecule has 0 amide bonds. The lowest BCUT2D eigenvalue weighted by atomic mass is 10.0. The fraction of sp³-hybridized carbons (Fsp3) is 0.685. The normalized spacial score (nSPS) is 12.9. The average molecular weight is 1100 g/mol. The molecular formula is C73H122O6. The van der Waals surface area contributed by atoms with Gasteiger partial charge in [-0.05, 0) is 122 Å². The molecular weight excluding hydrogens is 973 g/mol. The van der Waals surface area contributed by atoms with Crippen LogP contribution in [0.15, 0.2) is 122 Å². The summed E-state index contributed by atoms with van der Waals surface area (Å²) in [7, 11) is 0. The van der Waals surface area contributed by atoms with Crippen molar-refractivity contribution >= 4 is 17.9 Å². The molecule has 0 bridgehead atoms. The van der Waals surface area contributed by atoms with Gasteiger partial charge >= 0.3 is 17.9 Å². The molecule has 0 heterocycles. The molecule has 0 aromatic rings. The first-order chi connectivity index (χ1) is 39.0. The zero-order valence-corrected chi connectivity index (χ0v) is 51.6. The van der Waals surface area contributed by atoms with Gasteiger partial charge in [0.1, 0.15) is 13.2 Å². The number of carbonyl (C=O) groups is 3. The Kier molecular flexibility index (Phi) is 62.8. The topological polar surface area (TPSA) is 78.9 Å². The number of rotatable bonds is 59. The highest BCUT2D eigenvalue weighted by atomic mass is 16.6. The zero-order valence-electron chi connectivity index (χ0n) is 51.6. The lowest BCUT2D eigenvalue weighted by Crippen LogP contribution is -2.30. The van der Waals surface area contributed by atoms with E-state index >= 15 is 0 Å². The van der Waals surface area contributed by atoms with Crippen molar-refractivity contribution in [2.24, 2.45) is 0 Å². The van der Waals surface area contributed by atoms with Crippen molar-refractivity contribution in [2.45, 2.75) is 309 Å². The Labute approximate surface area is 488 Å². The molecule has 0 radical (unpaired) electrons. The Morgan fingerprint density at radius 1 is 0.266 bits per heavy atom. The Morgan fingerprint density at radius 2 is 0.494 bits per heavy atom. The molecule has 0 aromatic heterocycles. The smallest absolute Gasteiger partial charge is 0.306 e. The summed E-state index contributed by atoms with van der Waals surface area (Å²) in [6, 6.07) is 0. The monoisotopic (exact) mass is 1090 g/mol. The molecule has 450 valence electrons. The van der Waals surface area contributed by atoms with Gasteiger partial charge in [0.15, 0.2) is 6.10 Å². The molecule has 1 unspecified atom stereocenters. The van der Waals surface area contributed by atoms with E-state index in [1.54, 1.807) is 0 Å². The van der Waals surface area contributed by atoms with Crippen LogP contribution in [0.1, 0.15) is 303 Å². The average Bonchev–Trinajstić information content (AvgIpc) is 3.45. The molecule has 0 aliphatic heterocycles. The standard InChI is InChI=1S/C73H122O6/c1-4-7-10-13-16-19-22-24-26-28-30-32-34-35-36-37-39-40-42-44-46-48-51-54-57-60-63-66-72(75)78-69-70(68-77-71(74)65-62-59-56-53-50-21-18-15-12-9-6-3)79-73(76)67-64-61-58-55-52-49-47-45-43-41-38-33-31-29-27-25-23-20-17-14-11-8-5-2/h7-8,10-11,15-20,24-27,30-33,35-36,70H,4-6,9,12-14,21-23,28-29,34,37-69H2,1-3H3/b10-7-,11-8-,18-15-,19-16-,20-17-,26-24-,27-25-,32-30-,33-31-,36-35-. The minimum absolute atomic E-state index is 0.0848. The van der Waals surface area contributed by atoms with E-state index in [9.17, 15) is 14.4 Å². The van der Waals surface area contributed by atoms with Crippen LogP contribution >= 0.6 is 0 Å². The third-order valence-corrected chi connectivity index (χ3v) is 13.9. The van der Waals surface area contributed by atoms with E-state index in [1.807, 2.05) is 0 Å². The van der Waals surface area contributed by atoms with Crippen LogP contribution in [-0.4, -0.2) is 37.2 Å². The Hall–Kier alpha value is -4.19. The van der Waals surface area contributed by atoms with Gasteiger partial charge in [-0.15, -0.1) is 0 Å². The molecule has 79 heavy (non-hydrogen) atoms. The molecule has 0 aliphatic rings. The molecule has 0 aliphatic carbocycles. The van der Waals surface area contributed by atoms with Crippen LogP contribution in [0.25, 0.3) is 0 Å². The van der Waals surface area contributed by atoms with Gasteiger partial charge in [-0.25, -0.2) is 0 Å². The Bertz CT molecular complexity index is 1640. The molecule has 6 nitrogen and oxygen atoms in total. The second-order valence-corrected chi connectivity index (χ2v) is 21.6. The first-order valence-corrected chi connectivity index (χ1v) is 33.0. The van der Waals surface area contributed by atoms with E-state index < -0.39 is 6.10 Å². The van der Waals surface area contributed by atoms with Crippen molar-refractivity contribution in [3.05, 3.63) is 122 Å². The number of esters is 3. The van der Waals surface area contributed by atoms with Crippen molar-refractivity contribution in [1.82, 2.24) is 0 Å². The number of ether oxygens (including phenoxy) is 3. The molecule has 0 saturated heterocycles. The van der Waals surface area contributed by atoms with Gasteiger partial charge in [0.2, 0.25) is 0 Å².